The van der Waals surface area contributed by atoms with Crippen molar-refractivity contribution < 1.29 is 50.6 Å². The van der Waals surface area contributed by atoms with Gasteiger partial charge in [-0.15, -0.1) is 0 Å². The molecule has 4 aliphatic heterocycles. The number of hydrogen-bond donors (Lipinski definition) is 4. The summed E-state index contributed by atoms with van der Waals surface area (Å²) in [5, 5.41) is 14.9. The zero-order chi connectivity index (χ0) is 44.2. The number of fused-ring (bicyclic) bond motifs is 8. The number of anilines is 6. The Bertz CT molecular complexity index is 2310. The fourth-order valence-corrected chi connectivity index (χ4v) is 7.04. The molecule has 61 heavy (non-hydrogen) atoms. The van der Waals surface area contributed by atoms with E-state index in [1.54, 1.807) is 12.1 Å². The molecule has 0 aliphatic carbocycles. The van der Waals surface area contributed by atoms with Crippen molar-refractivity contribution >= 4 is 81.7 Å². The van der Waals surface area contributed by atoms with Gasteiger partial charge < -0.3 is 20.6 Å². The lowest BCUT2D eigenvalue weighted by molar-refractivity contribution is -0.133. The predicted octanol–water partition coefficient (Wildman–Crippen LogP) is 6.04. The summed E-state index contributed by atoms with van der Waals surface area (Å²) in [5.74, 6) is -0.837. The van der Waals surface area contributed by atoms with Crippen LogP contribution in [0.25, 0.3) is 0 Å². The minimum atomic E-state index is -4.43. The number of hydrogen-bond acceptors (Lipinski definition) is 13. The highest BCUT2D eigenvalue weighted by Crippen LogP contribution is 2.41. The molecule has 8 heterocycles. The molecule has 2 fully saturated rings. The normalized spacial score (nSPS) is 17.3. The summed E-state index contributed by atoms with van der Waals surface area (Å²) >= 11 is 11.6. The van der Waals surface area contributed by atoms with Crippen LogP contribution in [0, 0.1) is 0 Å². The van der Waals surface area contributed by atoms with Crippen LogP contribution in [0.5, 0.6) is 0 Å². The van der Waals surface area contributed by atoms with Crippen molar-refractivity contribution in [1.29, 1.82) is 0 Å². The van der Waals surface area contributed by atoms with Crippen molar-refractivity contribution in [3.8, 4) is 0 Å². The Kier molecular flexibility index (Phi) is 13.3. The molecule has 5 N–H and O–H groups in total. The van der Waals surface area contributed by atoms with E-state index >= 15 is 0 Å². The highest BCUT2D eigenvalue weighted by atomic mass is 35.5. The molecular formula is C35H33Cl2F6N13O5. The molecule has 4 aromatic heterocycles. The first-order valence-corrected chi connectivity index (χ1v) is 18.8. The number of rotatable bonds is 6. The number of ketones is 1. The minimum Gasteiger partial charge on any atom is -0.477 e. The van der Waals surface area contributed by atoms with Crippen molar-refractivity contribution in [1.82, 2.24) is 29.9 Å². The van der Waals surface area contributed by atoms with Crippen molar-refractivity contribution in [2.75, 3.05) is 63.0 Å². The molecule has 18 nitrogen and oxygen atoms in total. The van der Waals surface area contributed by atoms with Gasteiger partial charge in [-0.2, -0.15) is 26.3 Å². The summed E-state index contributed by atoms with van der Waals surface area (Å²) < 4.78 is 69.4. The lowest BCUT2D eigenvalue weighted by Gasteiger charge is -2.35. The summed E-state index contributed by atoms with van der Waals surface area (Å²) in [7, 11) is 0. The number of amides is 4. The summed E-state index contributed by atoms with van der Waals surface area (Å²) in [4.78, 5) is 80.2. The van der Waals surface area contributed by atoms with E-state index < -0.39 is 55.6 Å². The van der Waals surface area contributed by atoms with E-state index in [0.29, 0.717) is 37.6 Å². The van der Waals surface area contributed by atoms with Crippen LogP contribution in [0.15, 0.2) is 49.1 Å². The van der Waals surface area contributed by atoms with Gasteiger partial charge in [0.25, 0.3) is 0 Å². The van der Waals surface area contributed by atoms with Gasteiger partial charge in [-0.3, -0.25) is 25.2 Å². The summed E-state index contributed by atoms with van der Waals surface area (Å²) in [6, 6.07) is 7.74. The van der Waals surface area contributed by atoms with Crippen LogP contribution in [-0.4, -0.2) is 116 Å². The van der Waals surface area contributed by atoms with Gasteiger partial charge in [-0.25, -0.2) is 44.3 Å². The first-order chi connectivity index (χ1) is 28.8. The number of carbonyl (C=O) groups is 4. The van der Waals surface area contributed by atoms with Crippen LogP contribution in [0.3, 0.4) is 0 Å². The molecule has 2 saturated heterocycles. The number of pyridine rings is 2. The number of Topliss-reactive ketones (excluding diaryl/α,β-unsaturated/α-hetero) is 1. The highest BCUT2D eigenvalue weighted by molar-refractivity contribution is 6.30. The number of carboxylic acids is 1. The molecule has 0 unspecified atom stereocenters. The van der Waals surface area contributed by atoms with E-state index in [0.717, 1.165) is 18.7 Å². The summed E-state index contributed by atoms with van der Waals surface area (Å²) in [6.07, 6.45) is -6.62. The second kappa shape index (κ2) is 18.2. The smallest absolute Gasteiger partial charge is 0.400 e. The Morgan fingerprint density at radius 1 is 0.721 bits per heavy atom. The van der Waals surface area contributed by atoms with Crippen LogP contribution >= 0.6 is 23.2 Å². The average Bonchev–Trinajstić information content (AvgIpc) is 3.82. The molecule has 4 bridgehead atoms. The van der Waals surface area contributed by atoms with Crippen LogP contribution in [-0.2, 0) is 0 Å². The number of halogens is 8. The van der Waals surface area contributed by atoms with E-state index in [1.165, 1.54) is 46.7 Å². The molecular weight excluding hydrogens is 867 g/mol. The lowest BCUT2D eigenvalue weighted by atomic mass is 10.1. The topological polar surface area (TPSA) is 229 Å². The second-order valence-corrected chi connectivity index (χ2v) is 14.3. The SMILES string of the molecule is NCC(F)(F)F.O=C(CCC(F)(F)F)c1ccc2c(n1)N(C(=O)Nc1cc(Cl)ncn1)[C@H]1CCN2C1.O=C(O)c1ccc2c(n1)N(C(=O)Nc1cc(Cl)ncn1)[C@H]1CCN2C1. The monoisotopic (exact) mass is 899 g/mol. The van der Waals surface area contributed by atoms with Crippen molar-refractivity contribution in [3.05, 3.63) is 70.7 Å². The molecule has 0 saturated carbocycles. The fraction of sp³-hybridized carbons (Fsp3) is 0.371. The standard InChI is InChI=1S/C18H16ClF3N6O2.C15H13ClN6O3.C2H4F3N/c19-14-7-15(24-9-23-14)26-17(30)28-10-4-6-27(8-10)12-2-1-11(25-16(12)28)13(29)3-5-18(20,21)22;16-11-5-12(18-7-17-11)20-15(25)22-8-3-4-21(6-8)10-2-1-9(14(23)24)19-13(10)22;3-2(4,5)1-6/h1-2,7,9-10H,3-6,8H2,(H,23,24,26,30);1-2,5,7-8H,3-4,6H2,(H,23,24)(H,17,18,20,25);1,6H2/t10-;8-;/m00./s1. The van der Waals surface area contributed by atoms with Gasteiger partial charge >= 0.3 is 30.4 Å². The molecule has 26 heteroatoms. The Morgan fingerprint density at radius 3 is 1.57 bits per heavy atom. The quantitative estimate of drug-likeness (QED) is 0.0983. The van der Waals surface area contributed by atoms with Gasteiger partial charge in [0.2, 0.25) is 0 Å². The fourth-order valence-electron chi connectivity index (χ4n) is 6.74. The third kappa shape index (κ3) is 11.0. The largest absolute Gasteiger partial charge is 0.477 e. The molecule has 324 valence electrons. The van der Waals surface area contributed by atoms with E-state index in [9.17, 15) is 50.6 Å². The van der Waals surface area contributed by atoms with E-state index in [4.69, 9.17) is 23.2 Å². The average molecular weight is 901 g/mol. The maximum atomic E-state index is 13.0. The van der Waals surface area contributed by atoms with Gasteiger partial charge in [0.1, 0.15) is 40.3 Å². The number of alkyl halides is 6. The van der Waals surface area contributed by atoms with Gasteiger partial charge in [0.05, 0.1) is 36.4 Å². The van der Waals surface area contributed by atoms with Crippen LogP contribution in [0.4, 0.5) is 70.6 Å². The van der Waals surface area contributed by atoms with Crippen LogP contribution in [0.2, 0.25) is 10.3 Å². The lowest BCUT2D eigenvalue weighted by Crippen LogP contribution is -2.48. The summed E-state index contributed by atoms with van der Waals surface area (Å²) in [5.41, 5.74) is 5.36. The van der Waals surface area contributed by atoms with Gasteiger partial charge in [-0.05, 0) is 37.1 Å². The second-order valence-electron chi connectivity index (χ2n) is 13.6. The molecule has 0 aromatic carbocycles. The Morgan fingerprint density at radius 2 is 1.16 bits per heavy atom. The van der Waals surface area contributed by atoms with Crippen LogP contribution < -0.4 is 36.0 Å². The van der Waals surface area contributed by atoms with E-state index in [2.05, 4.69) is 51.2 Å². The Hall–Kier alpha value is -6.14. The molecule has 0 radical (unpaired) electrons. The third-order valence-electron chi connectivity index (χ3n) is 9.45. The molecule has 8 rings (SSSR count). The summed E-state index contributed by atoms with van der Waals surface area (Å²) in [6.45, 7) is 1.53. The third-order valence-corrected chi connectivity index (χ3v) is 9.86. The van der Waals surface area contributed by atoms with Gasteiger partial charge in [0.15, 0.2) is 23.1 Å². The van der Waals surface area contributed by atoms with Crippen molar-refractivity contribution in [2.24, 2.45) is 5.73 Å². The molecule has 4 aromatic rings. The number of carbonyl (C=O) groups excluding carboxylic acids is 3. The number of nitrogens with one attached hydrogen (secondary N) is 2. The molecule has 2 atom stereocenters. The van der Waals surface area contributed by atoms with Gasteiger partial charge in [-0.1, -0.05) is 23.2 Å². The van der Waals surface area contributed by atoms with Crippen LogP contribution in [0.1, 0.15) is 46.7 Å². The number of urea groups is 2. The molecule has 4 amide bonds. The molecule has 4 aliphatic rings. The first-order valence-electron chi connectivity index (χ1n) is 18.1. The number of nitrogens with zero attached hydrogens (tertiary/aromatic N) is 10. The molecule has 0 spiro atoms. The first kappa shape index (κ1) is 44.4. The highest BCUT2D eigenvalue weighted by Gasteiger charge is 2.42. The van der Waals surface area contributed by atoms with E-state index in [1.807, 2.05) is 4.90 Å². The number of carboxylic acid groups (broad SMARTS) is 1. The predicted molar refractivity (Wildman–Crippen MR) is 208 cm³/mol. The minimum absolute atomic E-state index is 0.0821. The van der Waals surface area contributed by atoms with Gasteiger partial charge in [0, 0.05) is 44.7 Å². The Balaban J connectivity index is 0.000000182. The maximum absolute atomic E-state index is 13.0. The van der Waals surface area contributed by atoms with Crippen molar-refractivity contribution in [3.63, 3.8) is 0 Å². The number of aromatic carboxylic acids is 1. The zero-order valence-corrected chi connectivity index (χ0v) is 32.8. The Labute approximate surface area is 351 Å². The van der Waals surface area contributed by atoms with E-state index in [-0.39, 0.29) is 51.2 Å². The maximum Gasteiger partial charge on any atom is 0.400 e. The number of aromatic nitrogens is 6. The van der Waals surface area contributed by atoms with Crippen molar-refractivity contribution in [2.45, 2.75) is 50.1 Å². The number of nitrogens with two attached hydrogens (primary N) is 1. The zero-order valence-electron chi connectivity index (χ0n) is 31.3.